The molecule has 2 N–H and O–H groups in total. The first-order valence-corrected chi connectivity index (χ1v) is 6.26. The lowest BCUT2D eigenvalue weighted by Gasteiger charge is -2.39. The Balaban J connectivity index is 1.89. The second-order valence-electron chi connectivity index (χ2n) is 5.16. The summed E-state index contributed by atoms with van der Waals surface area (Å²) in [5, 5.41) is 12.1. The van der Waals surface area contributed by atoms with E-state index in [1.807, 2.05) is 7.05 Å². The van der Waals surface area contributed by atoms with Crippen LogP contribution >= 0.6 is 0 Å². The number of furan rings is 1. The summed E-state index contributed by atoms with van der Waals surface area (Å²) in [6.45, 7) is 4.92. The van der Waals surface area contributed by atoms with Crippen molar-refractivity contribution in [2.24, 2.45) is 0 Å². The highest BCUT2D eigenvalue weighted by Gasteiger charge is 2.28. The molecule has 0 atom stereocenters. The minimum atomic E-state index is -1.01. The zero-order valence-electron chi connectivity index (χ0n) is 10.9. The molecule has 1 aliphatic heterocycles. The molecular weight excluding hydrogens is 232 g/mol. The molecule has 18 heavy (non-hydrogen) atoms. The smallest absolute Gasteiger partial charge is 0.371 e. The van der Waals surface area contributed by atoms with Gasteiger partial charge >= 0.3 is 5.97 Å². The second kappa shape index (κ2) is 5.12. The SMILES string of the molecule is CNC1(C)CCN(Cc2ccc(C(=O)O)o2)CC1. The van der Waals surface area contributed by atoms with Crippen molar-refractivity contribution < 1.29 is 14.3 Å². The van der Waals surface area contributed by atoms with Gasteiger partial charge in [0.15, 0.2) is 0 Å². The Labute approximate surface area is 107 Å². The number of carboxylic acids is 1. The Kier molecular flexibility index (Phi) is 3.73. The first-order chi connectivity index (χ1) is 8.52. The molecule has 1 aromatic rings. The number of nitrogens with one attached hydrogen (secondary N) is 1. The molecule has 0 spiro atoms. The highest BCUT2D eigenvalue weighted by atomic mass is 16.4. The molecule has 100 valence electrons. The number of rotatable bonds is 4. The van der Waals surface area contributed by atoms with Crippen LogP contribution in [-0.4, -0.2) is 41.7 Å². The molecule has 0 aliphatic carbocycles. The van der Waals surface area contributed by atoms with Crippen molar-refractivity contribution in [1.29, 1.82) is 0 Å². The topological polar surface area (TPSA) is 65.7 Å². The van der Waals surface area contributed by atoms with Crippen molar-refractivity contribution in [2.45, 2.75) is 31.8 Å². The van der Waals surface area contributed by atoms with Crippen molar-refractivity contribution in [3.8, 4) is 0 Å². The summed E-state index contributed by atoms with van der Waals surface area (Å²) in [5.41, 5.74) is 0.228. The van der Waals surface area contributed by atoms with E-state index in [1.165, 1.54) is 6.07 Å². The molecule has 1 aliphatic rings. The molecule has 0 amide bonds. The van der Waals surface area contributed by atoms with Gasteiger partial charge in [-0.3, -0.25) is 4.90 Å². The predicted molar refractivity (Wildman–Crippen MR) is 67.6 cm³/mol. The molecule has 5 nitrogen and oxygen atoms in total. The minimum Gasteiger partial charge on any atom is -0.475 e. The van der Waals surface area contributed by atoms with Gasteiger partial charge in [0.1, 0.15) is 5.76 Å². The Bertz CT molecular complexity index is 420. The third-order valence-corrected chi connectivity index (χ3v) is 3.82. The Morgan fingerprint density at radius 3 is 2.67 bits per heavy atom. The molecule has 0 radical (unpaired) electrons. The highest BCUT2D eigenvalue weighted by molar-refractivity contribution is 5.84. The first kappa shape index (κ1) is 13.1. The predicted octanol–water partition coefficient (Wildman–Crippen LogP) is 1.55. The summed E-state index contributed by atoms with van der Waals surface area (Å²) in [6, 6.07) is 3.26. The van der Waals surface area contributed by atoms with Crippen LogP contribution < -0.4 is 5.32 Å². The normalized spacial score (nSPS) is 19.9. The Hall–Kier alpha value is -1.33. The number of carbonyl (C=O) groups is 1. The number of likely N-dealkylation sites (tertiary alicyclic amines) is 1. The van der Waals surface area contributed by atoms with E-state index in [2.05, 4.69) is 17.1 Å². The molecule has 2 rings (SSSR count). The molecule has 0 unspecified atom stereocenters. The lowest BCUT2D eigenvalue weighted by molar-refractivity contribution is 0.0656. The van der Waals surface area contributed by atoms with Gasteiger partial charge in [0.2, 0.25) is 5.76 Å². The van der Waals surface area contributed by atoms with Crippen LogP contribution in [0.3, 0.4) is 0 Å². The van der Waals surface area contributed by atoms with Gasteiger partial charge in [-0.1, -0.05) is 0 Å². The fraction of sp³-hybridized carbons (Fsp3) is 0.615. The largest absolute Gasteiger partial charge is 0.475 e. The third kappa shape index (κ3) is 2.91. The lowest BCUT2D eigenvalue weighted by atomic mass is 9.90. The molecule has 2 heterocycles. The van der Waals surface area contributed by atoms with Crippen molar-refractivity contribution in [2.75, 3.05) is 20.1 Å². The lowest BCUT2D eigenvalue weighted by Crippen LogP contribution is -2.49. The maximum Gasteiger partial charge on any atom is 0.371 e. The number of nitrogens with zero attached hydrogens (tertiary/aromatic N) is 1. The van der Waals surface area contributed by atoms with Crippen LogP contribution in [0.2, 0.25) is 0 Å². The molecule has 1 saturated heterocycles. The van der Waals surface area contributed by atoms with Gasteiger partial charge in [0.25, 0.3) is 0 Å². The van der Waals surface area contributed by atoms with Crippen LogP contribution in [-0.2, 0) is 6.54 Å². The van der Waals surface area contributed by atoms with Crippen molar-refractivity contribution in [3.63, 3.8) is 0 Å². The van der Waals surface area contributed by atoms with E-state index in [0.717, 1.165) is 31.7 Å². The molecule has 5 heteroatoms. The average molecular weight is 252 g/mol. The number of aromatic carboxylic acids is 1. The van der Waals surface area contributed by atoms with E-state index in [9.17, 15) is 4.79 Å². The van der Waals surface area contributed by atoms with Gasteiger partial charge in [-0.25, -0.2) is 4.79 Å². The summed E-state index contributed by atoms with van der Waals surface area (Å²) in [5.74, 6) is -0.273. The fourth-order valence-electron chi connectivity index (χ4n) is 2.25. The first-order valence-electron chi connectivity index (χ1n) is 6.26. The summed E-state index contributed by atoms with van der Waals surface area (Å²) >= 11 is 0. The van der Waals surface area contributed by atoms with E-state index in [-0.39, 0.29) is 11.3 Å². The standard InChI is InChI=1S/C13H20N2O3/c1-13(14-2)5-7-15(8-6-13)9-10-3-4-11(18-10)12(16)17/h3-4,14H,5-9H2,1-2H3,(H,16,17). The van der Waals surface area contributed by atoms with E-state index in [0.29, 0.717) is 6.54 Å². The molecule has 0 bridgehead atoms. The molecule has 1 aromatic heterocycles. The van der Waals surface area contributed by atoms with Crippen LogP contribution in [0.5, 0.6) is 0 Å². The number of piperidine rings is 1. The quantitative estimate of drug-likeness (QED) is 0.851. The molecule has 0 aromatic carbocycles. The van der Waals surface area contributed by atoms with Crippen molar-refractivity contribution in [3.05, 3.63) is 23.7 Å². The van der Waals surface area contributed by atoms with Gasteiger partial charge < -0.3 is 14.8 Å². The van der Waals surface area contributed by atoms with E-state index in [1.54, 1.807) is 6.07 Å². The van der Waals surface area contributed by atoms with Crippen LogP contribution in [0.4, 0.5) is 0 Å². The van der Waals surface area contributed by atoms with Crippen LogP contribution in [0.25, 0.3) is 0 Å². The van der Waals surface area contributed by atoms with Crippen LogP contribution in [0.15, 0.2) is 16.5 Å². The maximum absolute atomic E-state index is 10.7. The van der Waals surface area contributed by atoms with Crippen molar-refractivity contribution >= 4 is 5.97 Å². The van der Waals surface area contributed by atoms with Crippen LogP contribution in [0, 0.1) is 0 Å². The second-order valence-corrected chi connectivity index (χ2v) is 5.16. The molecular formula is C13H20N2O3. The monoisotopic (exact) mass is 252 g/mol. The number of hydrogen-bond acceptors (Lipinski definition) is 4. The van der Waals surface area contributed by atoms with Gasteiger partial charge in [-0.2, -0.15) is 0 Å². The highest BCUT2D eigenvalue weighted by Crippen LogP contribution is 2.22. The van der Waals surface area contributed by atoms with E-state index < -0.39 is 5.97 Å². The number of hydrogen-bond donors (Lipinski definition) is 2. The molecule has 1 fully saturated rings. The van der Waals surface area contributed by atoms with E-state index in [4.69, 9.17) is 9.52 Å². The summed E-state index contributed by atoms with van der Waals surface area (Å²) < 4.78 is 5.27. The van der Waals surface area contributed by atoms with Crippen molar-refractivity contribution in [1.82, 2.24) is 10.2 Å². The minimum absolute atomic E-state index is 0.0158. The Morgan fingerprint density at radius 1 is 1.50 bits per heavy atom. The summed E-state index contributed by atoms with van der Waals surface area (Å²) in [7, 11) is 2.00. The number of carboxylic acid groups (broad SMARTS) is 1. The summed E-state index contributed by atoms with van der Waals surface area (Å²) in [6.07, 6.45) is 2.19. The maximum atomic E-state index is 10.7. The summed E-state index contributed by atoms with van der Waals surface area (Å²) in [4.78, 5) is 13.0. The van der Waals surface area contributed by atoms with Gasteiger partial charge in [0.05, 0.1) is 6.54 Å². The zero-order valence-corrected chi connectivity index (χ0v) is 10.9. The average Bonchev–Trinajstić information content (AvgIpc) is 2.81. The Morgan fingerprint density at radius 2 is 2.17 bits per heavy atom. The van der Waals surface area contributed by atoms with Gasteiger partial charge in [-0.05, 0) is 38.9 Å². The molecule has 0 saturated carbocycles. The fourth-order valence-corrected chi connectivity index (χ4v) is 2.25. The van der Waals surface area contributed by atoms with Gasteiger partial charge in [-0.15, -0.1) is 0 Å². The van der Waals surface area contributed by atoms with Crippen LogP contribution in [0.1, 0.15) is 36.1 Å². The zero-order chi connectivity index (χ0) is 13.2. The third-order valence-electron chi connectivity index (χ3n) is 3.82. The van der Waals surface area contributed by atoms with E-state index >= 15 is 0 Å². The van der Waals surface area contributed by atoms with Gasteiger partial charge in [0, 0.05) is 18.6 Å².